The van der Waals surface area contributed by atoms with Crippen LogP contribution >= 0.6 is 43.5 Å². The molecule has 0 saturated heterocycles. The second kappa shape index (κ2) is 6.06. The van der Waals surface area contributed by atoms with Gasteiger partial charge in [-0.25, -0.2) is 0 Å². The number of hydrogen-bond donors (Lipinski definition) is 1. The number of benzene rings is 2. The van der Waals surface area contributed by atoms with Crippen LogP contribution < -0.4 is 4.74 Å². The first-order valence-corrected chi connectivity index (χ1v) is 7.09. The number of aliphatic hydroxyl groups excluding tert-OH is 1. The minimum absolute atomic E-state index is 0.0943. The van der Waals surface area contributed by atoms with Crippen LogP contribution in [0.4, 0.5) is 0 Å². The summed E-state index contributed by atoms with van der Waals surface area (Å²) in [4.78, 5) is 0. The van der Waals surface area contributed by atoms with Crippen molar-refractivity contribution in [2.75, 3.05) is 0 Å². The molecule has 0 heterocycles. The number of aliphatic hydroxyl groups is 1. The normalized spacial score (nSPS) is 10.4. The second-order valence-corrected chi connectivity index (χ2v) is 5.83. The van der Waals surface area contributed by atoms with Crippen LogP contribution in [-0.4, -0.2) is 5.11 Å². The largest absolute Gasteiger partial charge is 0.455 e. The Labute approximate surface area is 127 Å². The molecule has 18 heavy (non-hydrogen) atoms. The molecule has 2 aromatic rings. The lowest BCUT2D eigenvalue weighted by atomic mass is 10.2. The SMILES string of the molecule is OCc1cc(Br)ccc1Oc1ccc(Br)cc1Cl. The van der Waals surface area contributed by atoms with E-state index >= 15 is 0 Å². The fourth-order valence-corrected chi connectivity index (χ4v) is 2.57. The van der Waals surface area contributed by atoms with Crippen LogP contribution in [-0.2, 0) is 6.61 Å². The molecule has 0 bridgehead atoms. The first-order chi connectivity index (χ1) is 8.60. The van der Waals surface area contributed by atoms with Gasteiger partial charge in [0.25, 0.3) is 0 Å². The topological polar surface area (TPSA) is 29.5 Å². The molecule has 2 aromatic carbocycles. The number of ether oxygens (including phenoxy) is 1. The van der Waals surface area contributed by atoms with E-state index in [1.807, 2.05) is 18.2 Å². The van der Waals surface area contributed by atoms with Crippen LogP contribution in [0.2, 0.25) is 5.02 Å². The Morgan fingerprint density at radius 1 is 1.00 bits per heavy atom. The Hall–Kier alpha value is -0.550. The van der Waals surface area contributed by atoms with E-state index in [2.05, 4.69) is 31.9 Å². The lowest BCUT2D eigenvalue weighted by Crippen LogP contribution is -1.92. The number of hydrogen-bond acceptors (Lipinski definition) is 2. The Kier molecular flexibility index (Phi) is 4.67. The highest BCUT2D eigenvalue weighted by atomic mass is 79.9. The van der Waals surface area contributed by atoms with E-state index in [1.54, 1.807) is 18.2 Å². The zero-order chi connectivity index (χ0) is 13.1. The zero-order valence-corrected chi connectivity index (χ0v) is 13.1. The van der Waals surface area contributed by atoms with Crippen LogP contribution in [0, 0.1) is 0 Å². The summed E-state index contributed by atoms with van der Waals surface area (Å²) in [5.41, 5.74) is 0.698. The van der Waals surface area contributed by atoms with Gasteiger partial charge in [0.05, 0.1) is 11.6 Å². The fourth-order valence-electron chi connectivity index (χ4n) is 1.45. The molecule has 2 nitrogen and oxygen atoms in total. The lowest BCUT2D eigenvalue weighted by molar-refractivity contribution is 0.276. The minimum atomic E-state index is -0.0943. The minimum Gasteiger partial charge on any atom is -0.455 e. The van der Waals surface area contributed by atoms with E-state index in [1.165, 1.54) is 0 Å². The molecule has 5 heteroatoms. The van der Waals surface area contributed by atoms with Crippen LogP contribution in [0.3, 0.4) is 0 Å². The van der Waals surface area contributed by atoms with Gasteiger partial charge in [-0.1, -0.05) is 43.5 Å². The summed E-state index contributed by atoms with van der Waals surface area (Å²) in [6.45, 7) is -0.0943. The molecule has 0 atom stereocenters. The average molecular weight is 392 g/mol. The van der Waals surface area contributed by atoms with Crippen molar-refractivity contribution in [1.82, 2.24) is 0 Å². The van der Waals surface area contributed by atoms with E-state index in [-0.39, 0.29) is 6.61 Å². The Bertz CT molecular complexity index is 573. The molecule has 0 fully saturated rings. The molecule has 0 aliphatic rings. The summed E-state index contributed by atoms with van der Waals surface area (Å²) in [5, 5.41) is 9.80. The van der Waals surface area contributed by atoms with Crippen molar-refractivity contribution in [2.45, 2.75) is 6.61 Å². The fraction of sp³-hybridized carbons (Fsp3) is 0.0769. The maximum atomic E-state index is 9.29. The highest BCUT2D eigenvalue weighted by molar-refractivity contribution is 9.10. The molecule has 0 amide bonds. The summed E-state index contributed by atoms with van der Waals surface area (Å²) < 4.78 is 7.48. The van der Waals surface area contributed by atoms with Gasteiger partial charge in [-0.3, -0.25) is 0 Å². The van der Waals surface area contributed by atoms with Gasteiger partial charge in [-0.15, -0.1) is 0 Å². The lowest BCUT2D eigenvalue weighted by Gasteiger charge is -2.11. The molecule has 0 aliphatic heterocycles. The van der Waals surface area contributed by atoms with Crippen molar-refractivity contribution in [3.05, 3.63) is 55.9 Å². The summed E-state index contributed by atoms with van der Waals surface area (Å²) in [6.07, 6.45) is 0. The van der Waals surface area contributed by atoms with Crippen LogP contribution in [0.1, 0.15) is 5.56 Å². The maximum Gasteiger partial charge on any atom is 0.146 e. The number of rotatable bonds is 3. The van der Waals surface area contributed by atoms with Crippen molar-refractivity contribution in [1.29, 1.82) is 0 Å². The number of halogens is 3. The third kappa shape index (κ3) is 3.26. The Balaban J connectivity index is 2.33. The highest BCUT2D eigenvalue weighted by Gasteiger charge is 2.08. The predicted molar refractivity (Wildman–Crippen MR) is 79.3 cm³/mol. The predicted octanol–water partition coefficient (Wildman–Crippen LogP) is 5.15. The molecule has 0 unspecified atom stereocenters. The van der Waals surface area contributed by atoms with Gasteiger partial charge >= 0.3 is 0 Å². The van der Waals surface area contributed by atoms with Crippen LogP contribution in [0.25, 0.3) is 0 Å². The molecule has 2 rings (SSSR count). The molecule has 0 spiro atoms. The van der Waals surface area contributed by atoms with Crippen LogP contribution in [0.5, 0.6) is 11.5 Å². The molecule has 94 valence electrons. The Morgan fingerprint density at radius 2 is 1.61 bits per heavy atom. The summed E-state index contributed by atoms with van der Waals surface area (Å²) in [6, 6.07) is 10.8. The molecular formula is C13H9Br2ClO2. The van der Waals surface area contributed by atoms with Crippen molar-refractivity contribution in [3.63, 3.8) is 0 Å². The Morgan fingerprint density at radius 3 is 2.22 bits per heavy atom. The second-order valence-electron chi connectivity index (χ2n) is 3.59. The third-order valence-electron chi connectivity index (χ3n) is 2.31. The molecule has 1 N–H and O–H groups in total. The summed E-state index contributed by atoms with van der Waals surface area (Å²) in [7, 11) is 0. The van der Waals surface area contributed by atoms with Gasteiger partial charge in [-0.2, -0.15) is 0 Å². The van der Waals surface area contributed by atoms with Crippen molar-refractivity contribution < 1.29 is 9.84 Å². The molecule has 0 radical (unpaired) electrons. The molecule has 0 aromatic heterocycles. The molecule has 0 aliphatic carbocycles. The molecular weight excluding hydrogens is 383 g/mol. The smallest absolute Gasteiger partial charge is 0.146 e. The standard InChI is InChI=1S/C13H9Br2ClO2/c14-9-1-3-12(8(5-9)7-17)18-13-4-2-10(15)6-11(13)16/h1-6,17H,7H2. The van der Waals surface area contributed by atoms with Crippen molar-refractivity contribution in [2.24, 2.45) is 0 Å². The van der Waals surface area contributed by atoms with Crippen molar-refractivity contribution in [3.8, 4) is 11.5 Å². The first-order valence-electron chi connectivity index (χ1n) is 5.12. The average Bonchev–Trinajstić information content (AvgIpc) is 2.34. The summed E-state index contributed by atoms with van der Waals surface area (Å²) >= 11 is 12.8. The monoisotopic (exact) mass is 390 g/mol. The zero-order valence-electron chi connectivity index (χ0n) is 9.16. The quantitative estimate of drug-likeness (QED) is 0.783. The first kappa shape index (κ1) is 13.9. The van der Waals surface area contributed by atoms with E-state index in [0.29, 0.717) is 22.1 Å². The van der Waals surface area contributed by atoms with Gasteiger partial charge < -0.3 is 9.84 Å². The van der Waals surface area contributed by atoms with Gasteiger partial charge in [-0.05, 0) is 36.4 Å². The van der Waals surface area contributed by atoms with E-state index in [0.717, 1.165) is 8.95 Å². The van der Waals surface area contributed by atoms with Crippen molar-refractivity contribution >= 4 is 43.5 Å². The summed E-state index contributed by atoms with van der Waals surface area (Å²) in [5.74, 6) is 1.14. The molecule has 0 saturated carbocycles. The van der Waals surface area contributed by atoms with E-state index < -0.39 is 0 Å². The van der Waals surface area contributed by atoms with Gasteiger partial charge in [0.15, 0.2) is 0 Å². The van der Waals surface area contributed by atoms with Gasteiger partial charge in [0.2, 0.25) is 0 Å². The third-order valence-corrected chi connectivity index (χ3v) is 3.59. The van der Waals surface area contributed by atoms with Gasteiger partial charge in [0, 0.05) is 14.5 Å². The maximum absolute atomic E-state index is 9.29. The highest BCUT2D eigenvalue weighted by Crippen LogP contribution is 2.34. The van der Waals surface area contributed by atoms with E-state index in [9.17, 15) is 5.11 Å². The van der Waals surface area contributed by atoms with Gasteiger partial charge in [0.1, 0.15) is 11.5 Å². The van der Waals surface area contributed by atoms with Crippen LogP contribution in [0.15, 0.2) is 45.3 Å². The van der Waals surface area contributed by atoms with E-state index in [4.69, 9.17) is 16.3 Å².